The SMILES string of the molecule is CCCCC(O)c1ccc(N2C(=O)CC[C@@H]2COCc2ccc(C(=O)OCCO)s2)cc1. The van der Waals surface area contributed by atoms with E-state index in [-0.39, 0.29) is 25.2 Å². The maximum absolute atomic E-state index is 12.5. The monoisotopic (exact) mass is 461 g/mol. The number of hydrogen-bond donors (Lipinski definition) is 2. The van der Waals surface area contributed by atoms with Crippen LogP contribution in [0.3, 0.4) is 0 Å². The zero-order valence-electron chi connectivity index (χ0n) is 18.4. The van der Waals surface area contributed by atoms with Gasteiger partial charge in [0.05, 0.1) is 32.0 Å². The van der Waals surface area contributed by atoms with Crippen LogP contribution < -0.4 is 4.90 Å². The van der Waals surface area contributed by atoms with Crippen molar-refractivity contribution >= 4 is 28.9 Å². The number of unbranched alkanes of at least 4 members (excludes halogenated alkanes) is 1. The highest BCUT2D eigenvalue weighted by molar-refractivity contribution is 7.13. The molecule has 0 bridgehead atoms. The van der Waals surface area contributed by atoms with Gasteiger partial charge in [0.1, 0.15) is 11.5 Å². The molecule has 2 aromatic rings. The Morgan fingerprint density at radius 3 is 2.75 bits per heavy atom. The van der Waals surface area contributed by atoms with Crippen molar-refractivity contribution in [1.82, 2.24) is 0 Å². The van der Waals surface area contributed by atoms with Crippen molar-refractivity contribution in [2.75, 3.05) is 24.7 Å². The number of rotatable bonds is 12. The lowest BCUT2D eigenvalue weighted by Gasteiger charge is -2.25. The highest BCUT2D eigenvalue weighted by Crippen LogP contribution is 2.29. The van der Waals surface area contributed by atoms with Gasteiger partial charge >= 0.3 is 5.97 Å². The molecule has 7 nitrogen and oxygen atoms in total. The number of aliphatic hydroxyl groups excluding tert-OH is 2. The Balaban J connectivity index is 1.54. The van der Waals surface area contributed by atoms with Crippen molar-refractivity contribution in [1.29, 1.82) is 0 Å². The molecule has 0 aliphatic carbocycles. The molecule has 2 heterocycles. The van der Waals surface area contributed by atoms with E-state index < -0.39 is 12.1 Å². The molecule has 1 saturated heterocycles. The molecule has 1 aliphatic rings. The van der Waals surface area contributed by atoms with Gasteiger partial charge in [0.15, 0.2) is 0 Å². The van der Waals surface area contributed by atoms with Gasteiger partial charge in [-0.3, -0.25) is 4.79 Å². The Labute approximate surface area is 192 Å². The summed E-state index contributed by atoms with van der Waals surface area (Å²) in [5.41, 5.74) is 1.69. The molecule has 1 fully saturated rings. The Morgan fingerprint density at radius 1 is 1.25 bits per heavy atom. The lowest BCUT2D eigenvalue weighted by molar-refractivity contribution is -0.117. The summed E-state index contributed by atoms with van der Waals surface area (Å²) in [6.07, 6.45) is 3.48. The third-order valence-corrected chi connectivity index (χ3v) is 6.49. The fourth-order valence-electron chi connectivity index (χ4n) is 3.75. The average Bonchev–Trinajstić information content (AvgIpc) is 3.43. The number of esters is 1. The van der Waals surface area contributed by atoms with Gasteiger partial charge < -0.3 is 24.6 Å². The molecule has 0 radical (unpaired) electrons. The molecule has 174 valence electrons. The van der Waals surface area contributed by atoms with Crippen LogP contribution in [0, 0.1) is 0 Å². The molecule has 1 amide bonds. The maximum Gasteiger partial charge on any atom is 0.348 e. The predicted molar refractivity (Wildman–Crippen MR) is 123 cm³/mol. The molecule has 1 aromatic carbocycles. The number of nitrogens with zero attached hydrogens (tertiary/aromatic N) is 1. The molecular formula is C24H31NO6S. The molecule has 0 spiro atoms. The third kappa shape index (κ3) is 6.38. The smallest absolute Gasteiger partial charge is 0.348 e. The first-order valence-corrected chi connectivity index (χ1v) is 11.9. The first-order valence-electron chi connectivity index (χ1n) is 11.1. The Bertz CT molecular complexity index is 881. The molecule has 2 atom stereocenters. The summed E-state index contributed by atoms with van der Waals surface area (Å²) in [6.45, 7) is 2.62. The van der Waals surface area contributed by atoms with Gasteiger partial charge in [-0.1, -0.05) is 31.9 Å². The second kappa shape index (κ2) is 12.1. The summed E-state index contributed by atoms with van der Waals surface area (Å²) in [6, 6.07) is 11.0. The molecule has 3 rings (SSSR count). The van der Waals surface area contributed by atoms with E-state index in [1.54, 1.807) is 11.0 Å². The van der Waals surface area contributed by atoms with Crippen molar-refractivity contribution in [3.63, 3.8) is 0 Å². The van der Waals surface area contributed by atoms with Gasteiger partial charge in [0.25, 0.3) is 0 Å². The lowest BCUT2D eigenvalue weighted by atomic mass is 10.0. The van der Waals surface area contributed by atoms with Gasteiger partial charge in [-0.25, -0.2) is 4.79 Å². The van der Waals surface area contributed by atoms with Crippen molar-refractivity contribution in [3.05, 3.63) is 51.7 Å². The second-order valence-electron chi connectivity index (χ2n) is 7.85. The first kappa shape index (κ1) is 24.4. The number of thiophene rings is 1. The van der Waals surface area contributed by atoms with E-state index >= 15 is 0 Å². The second-order valence-corrected chi connectivity index (χ2v) is 9.01. The highest BCUT2D eigenvalue weighted by atomic mass is 32.1. The molecular weight excluding hydrogens is 430 g/mol. The summed E-state index contributed by atoms with van der Waals surface area (Å²) >= 11 is 1.30. The van der Waals surface area contributed by atoms with Crippen LogP contribution in [0.25, 0.3) is 0 Å². The summed E-state index contributed by atoms with van der Waals surface area (Å²) < 4.78 is 10.8. The van der Waals surface area contributed by atoms with E-state index in [2.05, 4.69) is 6.92 Å². The number of carbonyl (C=O) groups excluding carboxylic acids is 2. The van der Waals surface area contributed by atoms with Crippen LogP contribution in [0.15, 0.2) is 36.4 Å². The Morgan fingerprint density at radius 2 is 2.03 bits per heavy atom. The number of benzene rings is 1. The zero-order chi connectivity index (χ0) is 22.9. The minimum atomic E-state index is -0.478. The summed E-state index contributed by atoms with van der Waals surface area (Å²) in [5.74, 6) is -0.381. The van der Waals surface area contributed by atoms with E-state index in [1.807, 2.05) is 30.3 Å². The van der Waals surface area contributed by atoms with Crippen LogP contribution in [0.2, 0.25) is 0 Å². The quantitative estimate of drug-likeness (QED) is 0.467. The van der Waals surface area contributed by atoms with Gasteiger partial charge in [0.2, 0.25) is 5.91 Å². The molecule has 1 aromatic heterocycles. The Hall–Kier alpha value is -2.26. The normalized spacial score (nSPS) is 17.0. The first-order chi connectivity index (χ1) is 15.5. The van der Waals surface area contributed by atoms with E-state index in [9.17, 15) is 14.7 Å². The van der Waals surface area contributed by atoms with Gasteiger partial charge in [-0.05, 0) is 42.7 Å². The number of carbonyl (C=O) groups is 2. The van der Waals surface area contributed by atoms with E-state index in [0.29, 0.717) is 24.5 Å². The van der Waals surface area contributed by atoms with Crippen LogP contribution in [0.1, 0.15) is 65.2 Å². The summed E-state index contributed by atoms with van der Waals surface area (Å²) in [4.78, 5) is 27.5. The lowest BCUT2D eigenvalue weighted by Crippen LogP contribution is -2.36. The molecule has 8 heteroatoms. The van der Waals surface area contributed by atoms with Crippen LogP contribution in [-0.2, 0) is 20.9 Å². The summed E-state index contributed by atoms with van der Waals surface area (Å²) in [7, 11) is 0. The zero-order valence-corrected chi connectivity index (χ0v) is 19.2. The van der Waals surface area contributed by atoms with Gasteiger partial charge in [0, 0.05) is 17.0 Å². The van der Waals surface area contributed by atoms with E-state index in [0.717, 1.165) is 41.8 Å². The van der Waals surface area contributed by atoms with Crippen molar-refractivity contribution < 1.29 is 29.3 Å². The fourth-order valence-corrected chi connectivity index (χ4v) is 4.59. The molecule has 1 unspecified atom stereocenters. The van der Waals surface area contributed by atoms with E-state index in [4.69, 9.17) is 14.6 Å². The standard InChI is InChI=1S/C24H31NO6S/c1-2-3-4-21(27)17-5-7-18(8-6-17)25-19(9-12-23(25)28)15-30-16-20-10-11-22(32-20)24(29)31-14-13-26/h5-8,10-11,19,21,26-27H,2-4,9,12-16H2,1H3/t19-,21?/m1/s1. The highest BCUT2D eigenvalue weighted by Gasteiger charge is 2.32. The fraction of sp³-hybridized carbons (Fsp3) is 0.500. The maximum atomic E-state index is 12.5. The third-order valence-electron chi connectivity index (χ3n) is 5.45. The topological polar surface area (TPSA) is 96.3 Å². The van der Waals surface area contributed by atoms with Crippen molar-refractivity contribution in [2.45, 2.75) is 57.8 Å². The molecule has 0 saturated carbocycles. The largest absolute Gasteiger partial charge is 0.459 e. The molecule has 32 heavy (non-hydrogen) atoms. The number of amides is 1. The van der Waals surface area contributed by atoms with Crippen LogP contribution >= 0.6 is 11.3 Å². The molecule has 1 aliphatic heterocycles. The number of hydrogen-bond acceptors (Lipinski definition) is 7. The van der Waals surface area contributed by atoms with Crippen LogP contribution in [0.4, 0.5) is 5.69 Å². The average molecular weight is 462 g/mol. The van der Waals surface area contributed by atoms with Crippen LogP contribution in [-0.4, -0.2) is 48.0 Å². The van der Waals surface area contributed by atoms with Gasteiger partial charge in [-0.15, -0.1) is 11.3 Å². The van der Waals surface area contributed by atoms with Crippen molar-refractivity contribution in [3.8, 4) is 0 Å². The van der Waals surface area contributed by atoms with Crippen LogP contribution in [0.5, 0.6) is 0 Å². The summed E-state index contributed by atoms with van der Waals surface area (Å²) in [5, 5.41) is 19.0. The minimum Gasteiger partial charge on any atom is -0.459 e. The number of ether oxygens (including phenoxy) is 2. The van der Waals surface area contributed by atoms with E-state index in [1.165, 1.54) is 11.3 Å². The molecule has 2 N–H and O–H groups in total. The Kier molecular flexibility index (Phi) is 9.23. The number of aliphatic hydroxyl groups is 2. The van der Waals surface area contributed by atoms with Crippen molar-refractivity contribution in [2.24, 2.45) is 0 Å². The van der Waals surface area contributed by atoms with Gasteiger partial charge in [-0.2, -0.15) is 0 Å². The predicted octanol–water partition coefficient (Wildman–Crippen LogP) is 3.83. The number of anilines is 1. The minimum absolute atomic E-state index is 0.0210.